The molecule has 1 N–H and O–H groups in total. The number of rotatable bonds is 4. The van der Waals surface area contributed by atoms with E-state index in [-0.39, 0.29) is 0 Å². The van der Waals surface area contributed by atoms with Gasteiger partial charge in [-0.1, -0.05) is 11.6 Å². The van der Waals surface area contributed by atoms with Gasteiger partial charge in [-0.25, -0.2) is 9.18 Å². The van der Waals surface area contributed by atoms with Gasteiger partial charge in [0.05, 0.1) is 0 Å². The Labute approximate surface area is 92.3 Å². The van der Waals surface area contributed by atoms with Crippen molar-refractivity contribution >= 4 is 17.5 Å². The Morgan fingerprint density at radius 3 is 2.50 bits per heavy atom. The topological polar surface area (TPSA) is 76.0 Å². The predicted octanol–water partition coefficient (Wildman–Crippen LogP) is 1.31. The summed E-state index contributed by atoms with van der Waals surface area (Å²) < 4.78 is 13.3. The highest BCUT2D eigenvalue weighted by Gasteiger charge is 2.27. The zero-order chi connectivity index (χ0) is 12.1. The number of hydrogen-bond donors (Lipinski definition) is 1. The van der Waals surface area contributed by atoms with Crippen molar-refractivity contribution < 1.29 is 23.9 Å². The lowest BCUT2D eigenvalue weighted by atomic mass is 9.96. The number of aliphatic carboxylic acids is 1. The Bertz CT molecular complexity index is 300. The van der Waals surface area contributed by atoms with Gasteiger partial charge < -0.3 is 9.94 Å². The molecule has 0 saturated heterocycles. The average molecular weight is 231 g/mol. The first-order chi connectivity index (χ1) is 7.52. The maximum atomic E-state index is 13.3. The summed E-state index contributed by atoms with van der Waals surface area (Å²) in [7, 11) is 0. The number of carboxylic acid groups (broad SMARTS) is 1. The lowest BCUT2D eigenvalue weighted by Gasteiger charge is -2.23. The van der Waals surface area contributed by atoms with Crippen LogP contribution in [0.3, 0.4) is 0 Å². The summed E-state index contributed by atoms with van der Waals surface area (Å²) >= 11 is 0. The van der Waals surface area contributed by atoms with Crippen LogP contribution in [0.25, 0.3) is 0 Å². The fourth-order valence-corrected chi connectivity index (χ4v) is 1.54. The van der Waals surface area contributed by atoms with Crippen LogP contribution in [-0.4, -0.2) is 34.8 Å². The van der Waals surface area contributed by atoms with E-state index in [2.05, 4.69) is 5.16 Å². The highest BCUT2D eigenvalue weighted by atomic mass is 19.1. The SMILES string of the molecule is CC(=O)C(=NO[C@@H]1CCCC[C@H]1F)C(=O)O. The van der Waals surface area contributed by atoms with E-state index in [0.717, 1.165) is 19.8 Å². The Hall–Kier alpha value is -1.46. The zero-order valence-electron chi connectivity index (χ0n) is 8.98. The molecule has 0 bridgehead atoms. The summed E-state index contributed by atoms with van der Waals surface area (Å²) in [6.45, 7) is 1.07. The van der Waals surface area contributed by atoms with Gasteiger partial charge in [0.2, 0.25) is 5.71 Å². The maximum Gasteiger partial charge on any atom is 0.361 e. The number of nitrogens with zero attached hydrogens (tertiary/aromatic N) is 1. The third-order valence-electron chi connectivity index (χ3n) is 2.44. The van der Waals surface area contributed by atoms with E-state index in [0.29, 0.717) is 12.8 Å². The first kappa shape index (κ1) is 12.6. The smallest absolute Gasteiger partial charge is 0.361 e. The summed E-state index contributed by atoms with van der Waals surface area (Å²) in [6, 6.07) is 0. The highest BCUT2D eigenvalue weighted by molar-refractivity contribution is 6.63. The van der Waals surface area contributed by atoms with Gasteiger partial charge in [0, 0.05) is 6.92 Å². The summed E-state index contributed by atoms with van der Waals surface area (Å²) in [5.74, 6) is -2.17. The second-order valence-electron chi connectivity index (χ2n) is 3.75. The predicted molar refractivity (Wildman–Crippen MR) is 54.0 cm³/mol. The first-order valence-electron chi connectivity index (χ1n) is 5.14. The van der Waals surface area contributed by atoms with Crippen LogP contribution in [-0.2, 0) is 14.4 Å². The van der Waals surface area contributed by atoms with Crippen LogP contribution >= 0.6 is 0 Å². The molecule has 0 aromatic carbocycles. The minimum atomic E-state index is -1.46. The molecule has 0 spiro atoms. The van der Waals surface area contributed by atoms with Gasteiger partial charge in [0.15, 0.2) is 11.9 Å². The van der Waals surface area contributed by atoms with Crippen LogP contribution in [0.2, 0.25) is 0 Å². The molecule has 0 aromatic rings. The number of carboxylic acids is 1. The molecule has 0 amide bonds. The lowest BCUT2D eigenvalue weighted by Crippen LogP contribution is -2.29. The molecule has 1 aliphatic rings. The minimum Gasteiger partial charge on any atom is -0.476 e. The van der Waals surface area contributed by atoms with E-state index in [4.69, 9.17) is 9.94 Å². The largest absolute Gasteiger partial charge is 0.476 e. The fourth-order valence-electron chi connectivity index (χ4n) is 1.54. The second-order valence-corrected chi connectivity index (χ2v) is 3.75. The summed E-state index contributed by atoms with van der Waals surface area (Å²) in [5.41, 5.74) is -0.697. The van der Waals surface area contributed by atoms with E-state index in [1.165, 1.54) is 0 Å². The van der Waals surface area contributed by atoms with Crippen molar-refractivity contribution in [3.8, 4) is 0 Å². The molecule has 5 nitrogen and oxygen atoms in total. The van der Waals surface area contributed by atoms with Crippen LogP contribution in [0, 0.1) is 0 Å². The van der Waals surface area contributed by atoms with Crippen molar-refractivity contribution in [3.63, 3.8) is 0 Å². The molecule has 0 radical (unpaired) electrons. The number of halogens is 1. The molecule has 1 fully saturated rings. The van der Waals surface area contributed by atoms with Crippen molar-refractivity contribution in [2.45, 2.75) is 44.9 Å². The standard InChI is InChI=1S/C10H14FNO4/c1-6(13)9(10(14)15)12-16-8-5-3-2-4-7(8)11/h7-8H,2-5H2,1H3,(H,14,15)/t7-,8-/m1/s1. The molecule has 0 heterocycles. The van der Waals surface area contributed by atoms with Gasteiger partial charge in [-0.2, -0.15) is 0 Å². The Balaban J connectivity index is 2.61. The van der Waals surface area contributed by atoms with E-state index >= 15 is 0 Å². The number of ketones is 1. The molecule has 16 heavy (non-hydrogen) atoms. The van der Waals surface area contributed by atoms with Gasteiger partial charge in [0.25, 0.3) is 0 Å². The second kappa shape index (κ2) is 5.58. The quantitative estimate of drug-likeness (QED) is 0.449. The fraction of sp³-hybridized carbons (Fsp3) is 0.700. The van der Waals surface area contributed by atoms with Crippen molar-refractivity contribution in [2.75, 3.05) is 0 Å². The average Bonchev–Trinajstić information content (AvgIpc) is 2.20. The molecule has 1 rings (SSSR count). The van der Waals surface area contributed by atoms with Crippen LogP contribution in [0.15, 0.2) is 5.16 Å². The molecule has 0 unspecified atom stereocenters. The Kier molecular flexibility index (Phi) is 4.39. The highest BCUT2D eigenvalue weighted by Crippen LogP contribution is 2.23. The number of hydrogen-bond acceptors (Lipinski definition) is 4. The molecule has 0 aromatic heterocycles. The van der Waals surface area contributed by atoms with E-state index < -0.39 is 29.7 Å². The molecule has 1 aliphatic carbocycles. The molecule has 1 saturated carbocycles. The molecule has 2 atom stereocenters. The van der Waals surface area contributed by atoms with Gasteiger partial charge >= 0.3 is 5.97 Å². The van der Waals surface area contributed by atoms with Gasteiger partial charge in [-0.15, -0.1) is 0 Å². The number of carbonyl (C=O) groups is 2. The van der Waals surface area contributed by atoms with Gasteiger partial charge in [0.1, 0.15) is 6.17 Å². The first-order valence-corrected chi connectivity index (χ1v) is 5.14. The number of Topliss-reactive ketones (excluding diaryl/α,β-unsaturated/α-hetero) is 1. The number of alkyl halides is 1. The monoisotopic (exact) mass is 231 g/mol. The van der Waals surface area contributed by atoms with Crippen LogP contribution in [0.1, 0.15) is 32.6 Å². The summed E-state index contributed by atoms with van der Waals surface area (Å²) in [6.07, 6.45) is 0.631. The molecular weight excluding hydrogens is 217 g/mol. The molecule has 90 valence electrons. The van der Waals surface area contributed by atoms with Crippen LogP contribution in [0.5, 0.6) is 0 Å². The molecule has 6 heteroatoms. The molecule has 0 aliphatic heterocycles. The third kappa shape index (κ3) is 3.29. The van der Waals surface area contributed by atoms with Crippen LogP contribution < -0.4 is 0 Å². The summed E-state index contributed by atoms with van der Waals surface area (Å²) in [4.78, 5) is 26.2. The van der Waals surface area contributed by atoms with E-state index in [1.807, 2.05) is 0 Å². The van der Waals surface area contributed by atoms with E-state index in [1.54, 1.807) is 0 Å². The van der Waals surface area contributed by atoms with Crippen LogP contribution in [0.4, 0.5) is 4.39 Å². The van der Waals surface area contributed by atoms with Crippen molar-refractivity contribution in [2.24, 2.45) is 5.16 Å². The maximum absolute atomic E-state index is 13.3. The third-order valence-corrected chi connectivity index (χ3v) is 2.44. The van der Waals surface area contributed by atoms with Crippen molar-refractivity contribution in [3.05, 3.63) is 0 Å². The zero-order valence-corrected chi connectivity index (χ0v) is 8.98. The van der Waals surface area contributed by atoms with Crippen molar-refractivity contribution in [1.29, 1.82) is 0 Å². The molecular formula is C10H14FNO4. The summed E-state index contributed by atoms with van der Waals surface area (Å²) in [5, 5.41) is 11.8. The van der Waals surface area contributed by atoms with Gasteiger partial charge in [-0.3, -0.25) is 4.79 Å². The lowest BCUT2D eigenvalue weighted by molar-refractivity contribution is -0.130. The van der Waals surface area contributed by atoms with Gasteiger partial charge in [-0.05, 0) is 19.3 Å². The Morgan fingerprint density at radius 2 is 2.00 bits per heavy atom. The minimum absolute atomic E-state index is 0.392. The van der Waals surface area contributed by atoms with E-state index in [9.17, 15) is 14.0 Å². The normalized spacial score (nSPS) is 26.2. The number of carbonyl (C=O) groups excluding carboxylic acids is 1. The van der Waals surface area contributed by atoms with Crippen molar-refractivity contribution in [1.82, 2.24) is 0 Å². The number of oxime groups is 1. The Morgan fingerprint density at radius 1 is 1.38 bits per heavy atom.